The molecule has 2 aliphatic rings. The molecule has 2 aliphatic heterocycles. The standard InChI is InChI=1S/C16H13ClN2O.C5H12N2/c1-19-14-8-7-12(17)9-13(14)16(18-10-15(19)20)11-5-3-2-4-6-11;1-2-4-6-7-5-3-1/h2-9H,10H2,1H3;6-7H,1-5H2. The Morgan fingerprint density at radius 1 is 1.00 bits per heavy atom. The molecule has 2 N–H and O–H groups in total. The Morgan fingerprint density at radius 2 is 1.70 bits per heavy atom. The second-order valence-corrected chi connectivity index (χ2v) is 7.00. The molecule has 0 unspecified atom stereocenters. The Morgan fingerprint density at radius 3 is 2.41 bits per heavy atom. The van der Waals surface area contributed by atoms with Crippen molar-refractivity contribution in [3.63, 3.8) is 0 Å². The maximum Gasteiger partial charge on any atom is 0.248 e. The Bertz CT molecular complexity index is 787. The van der Waals surface area contributed by atoms with Gasteiger partial charge in [-0.3, -0.25) is 20.6 Å². The lowest BCUT2D eigenvalue weighted by atomic mass is 10.0. The van der Waals surface area contributed by atoms with Gasteiger partial charge in [-0.2, -0.15) is 0 Å². The lowest BCUT2D eigenvalue weighted by Gasteiger charge is -2.18. The molecule has 2 aromatic rings. The number of carbonyl (C=O) groups excluding carboxylic acids is 1. The highest BCUT2D eigenvalue weighted by atomic mass is 35.5. The molecule has 142 valence electrons. The third-order valence-electron chi connectivity index (χ3n) is 4.60. The van der Waals surface area contributed by atoms with Gasteiger partial charge in [-0.15, -0.1) is 0 Å². The van der Waals surface area contributed by atoms with Gasteiger partial charge in [-0.05, 0) is 31.0 Å². The zero-order valence-corrected chi connectivity index (χ0v) is 16.3. The summed E-state index contributed by atoms with van der Waals surface area (Å²) in [6, 6.07) is 15.3. The van der Waals surface area contributed by atoms with Crippen molar-refractivity contribution in [1.82, 2.24) is 10.9 Å². The van der Waals surface area contributed by atoms with E-state index < -0.39 is 0 Å². The highest BCUT2D eigenvalue weighted by molar-refractivity contribution is 6.32. The van der Waals surface area contributed by atoms with E-state index in [0.717, 1.165) is 35.6 Å². The van der Waals surface area contributed by atoms with E-state index in [1.165, 1.54) is 19.3 Å². The van der Waals surface area contributed by atoms with Crippen molar-refractivity contribution in [2.75, 3.05) is 31.6 Å². The SMILES string of the molecule is C1CCNNCC1.CN1C(=O)CN=C(c2ccccc2)c2cc(Cl)ccc21. The number of anilines is 1. The number of halogens is 1. The van der Waals surface area contributed by atoms with E-state index >= 15 is 0 Å². The summed E-state index contributed by atoms with van der Waals surface area (Å²) >= 11 is 6.11. The summed E-state index contributed by atoms with van der Waals surface area (Å²) in [4.78, 5) is 18.1. The molecule has 5 nitrogen and oxygen atoms in total. The summed E-state index contributed by atoms with van der Waals surface area (Å²) < 4.78 is 0. The van der Waals surface area contributed by atoms with Crippen LogP contribution in [0.15, 0.2) is 53.5 Å². The molecule has 0 radical (unpaired) electrons. The molecule has 1 amide bonds. The molecule has 2 aromatic carbocycles. The van der Waals surface area contributed by atoms with Crippen LogP contribution in [0.25, 0.3) is 0 Å². The van der Waals surface area contributed by atoms with Gasteiger partial charge < -0.3 is 4.90 Å². The van der Waals surface area contributed by atoms with E-state index in [1.54, 1.807) is 18.0 Å². The topological polar surface area (TPSA) is 56.7 Å². The van der Waals surface area contributed by atoms with E-state index in [-0.39, 0.29) is 12.5 Å². The van der Waals surface area contributed by atoms with Crippen molar-refractivity contribution < 1.29 is 4.79 Å². The summed E-state index contributed by atoms with van der Waals surface area (Å²) in [6.07, 6.45) is 4.03. The van der Waals surface area contributed by atoms with E-state index in [1.807, 2.05) is 42.5 Å². The molecule has 0 aromatic heterocycles. The molecule has 0 aliphatic carbocycles. The summed E-state index contributed by atoms with van der Waals surface area (Å²) in [6.45, 7) is 2.42. The Labute approximate surface area is 165 Å². The van der Waals surface area contributed by atoms with Gasteiger partial charge in [0.2, 0.25) is 5.91 Å². The number of nitrogens with zero attached hydrogens (tertiary/aromatic N) is 2. The Kier molecular flexibility index (Phi) is 6.98. The normalized spacial score (nSPS) is 17.0. The van der Waals surface area contributed by atoms with Crippen molar-refractivity contribution in [1.29, 1.82) is 0 Å². The molecule has 1 fully saturated rings. The van der Waals surface area contributed by atoms with Gasteiger partial charge in [-0.1, -0.05) is 48.4 Å². The lowest BCUT2D eigenvalue weighted by molar-refractivity contribution is -0.116. The zero-order valence-electron chi connectivity index (χ0n) is 15.5. The maximum absolute atomic E-state index is 12.0. The fourth-order valence-electron chi connectivity index (χ4n) is 3.09. The monoisotopic (exact) mass is 384 g/mol. The van der Waals surface area contributed by atoms with Gasteiger partial charge in [0, 0.05) is 36.3 Å². The number of fused-ring (bicyclic) bond motifs is 1. The van der Waals surface area contributed by atoms with E-state index in [2.05, 4.69) is 15.8 Å². The van der Waals surface area contributed by atoms with Crippen molar-refractivity contribution in [3.8, 4) is 0 Å². The molecule has 1 saturated heterocycles. The highest BCUT2D eigenvalue weighted by Crippen LogP contribution is 2.28. The molecule has 0 saturated carbocycles. The van der Waals surface area contributed by atoms with Crippen LogP contribution in [-0.4, -0.2) is 38.3 Å². The van der Waals surface area contributed by atoms with Crippen LogP contribution in [0.4, 0.5) is 5.69 Å². The second-order valence-electron chi connectivity index (χ2n) is 6.56. The predicted octanol–water partition coefficient (Wildman–Crippen LogP) is 3.42. The number of aliphatic imine (C=N–C) groups is 1. The number of carbonyl (C=O) groups is 1. The third-order valence-corrected chi connectivity index (χ3v) is 4.83. The van der Waals surface area contributed by atoms with Crippen LogP contribution in [0.1, 0.15) is 30.4 Å². The predicted molar refractivity (Wildman–Crippen MR) is 112 cm³/mol. The molecule has 0 atom stereocenters. The molecule has 2 heterocycles. The summed E-state index contributed by atoms with van der Waals surface area (Å²) in [5.74, 6) is -0.0282. The van der Waals surface area contributed by atoms with Gasteiger partial charge in [0.05, 0.1) is 11.4 Å². The molecule has 4 rings (SSSR count). The number of hydrogen-bond donors (Lipinski definition) is 2. The fourth-order valence-corrected chi connectivity index (χ4v) is 3.26. The number of amides is 1. The molecular weight excluding hydrogens is 360 g/mol. The number of rotatable bonds is 1. The number of nitrogens with one attached hydrogen (secondary N) is 2. The summed E-state index contributed by atoms with van der Waals surface area (Å²) in [5, 5.41) is 0.634. The van der Waals surface area contributed by atoms with Crippen molar-refractivity contribution in [3.05, 3.63) is 64.7 Å². The lowest BCUT2D eigenvalue weighted by Crippen LogP contribution is -2.30. The largest absolute Gasteiger partial charge is 0.313 e. The van der Waals surface area contributed by atoms with Gasteiger partial charge in [0.25, 0.3) is 0 Å². The first-order valence-corrected chi connectivity index (χ1v) is 9.66. The van der Waals surface area contributed by atoms with Crippen LogP contribution >= 0.6 is 11.6 Å². The van der Waals surface area contributed by atoms with Gasteiger partial charge in [0.1, 0.15) is 6.54 Å². The molecular formula is C21H25ClN4O. The van der Waals surface area contributed by atoms with E-state index in [9.17, 15) is 4.79 Å². The van der Waals surface area contributed by atoms with Crippen LogP contribution in [0, 0.1) is 0 Å². The average molecular weight is 385 g/mol. The fraction of sp³-hybridized carbons (Fsp3) is 0.333. The highest BCUT2D eigenvalue weighted by Gasteiger charge is 2.22. The maximum atomic E-state index is 12.0. The van der Waals surface area contributed by atoms with Crippen molar-refractivity contribution in [2.45, 2.75) is 19.3 Å². The number of hydrogen-bond acceptors (Lipinski definition) is 4. The minimum atomic E-state index is -0.0282. The summed E-state index contributed by atoms with van der Waals surface area (Å²) in [5.41, 5.74) is 9.71. The number of benzodiazepines with no additional fused rings is 1. The van der Waals surface area contributed by atoms with Crippen molar-refractivity contribution >= 4 is 28.9 Å². The first-order valence-electron chi connectivity index (χ1n) is 9.29. The van der Waals surface area contributed by atoms with Crippen LogP contribution < -0.4 is 15.8 Å². The van der Waals surface area contributed by atoms with Gasteiger partial charge in [0.15, 0.2) is 0 Å². The third kappa shape index (κ3) is 5.16. The van der Waals surface area contributed by atoms with Gasteiger partial charge in [-0.25, -0.2) is 0 Å². The minimum absolute atomic E-state index is 0.0282. The molecule has 27 heavy (non-hydrogen) atoms. The van der Waals surface area contributed by atoms with Crippen molar-refractivity contribution in [2.24, 2.45) is 4.99 Å². The first kappa shape index (κ1) is 19.5. The zero-order chi connectivity index (χ0) is 19.1. The Hall–Kier alpha value is -2.21. The van der Waals surface area contributed by atoms with E-state index in [4.69, 9.17) is 11.6 Å². The van der Waals surface area contributed by atoms with Crippen LogP contribution in [0.2, 0.25) is 5.02 Å². The molecule has 6 heteroatoms. The van der Waals surface area contributed by atoms with Crippen LogP contribution in [0.3, 0.4) is 0 Å². The van der Waals surface area contributed by atoms with Crippen LogP contribution in [-0.2, 0) is 4.79 Å². The van der Waals surface area contributed by atoms with Crippen LogP contribution in [0.5, 0.6) is 0 Å². The minimum Gasteiger partial charge on any atom is -0.313 e. The average Bonchev–Trinajstić information content (AvgIpc) is 3.06. The quantitative estimate of drug-likeness (QED) is 0.792. The number of benzene rings is 2. The Balaban J connectivity index is 0.000000253. The number of hydrazine groups is 1. The molecule has 0 spiro atoms. The first-order chi connectivity index (χ1) is 13.2. The summed E-state index contributed by atoms with van der Waals surface area (Å²) in [7, 11) is 1.76. The second kappa shape index (κ2) is 9.65. The smallest absolute Gasteiger partial charge is 0.248 e. The van der Waals surface area contributed by atoms with Gasteiger partial charge >= 0.3 is 0 Å². The molecule has 0 bridgehead atoms. The number of likely N-dealkylation sites (N-methyl/N-ethyl adjacent to an activating group) is 1. The van der Waals surface area contributed by atoms with E-state index in [0.29, 0.717) is 5.02 Å².